The first-order chi connectivity index (χ1) is 17.9. The Morgan fingerprint density at radius 2 is 1.82 bits per heavy atom. The van der Waals surface area contributed by atoms with Gasteiger partial charge in [-0.15, -0.1) is 6.42 Å². The van der Waals surface area contributed by atoms with Crippen LogP contribution in [0.5, 0.6) is 0 Å². The first-order valence-electron chi connectivity index (χ1n) is 12.6. The molecule has 10 heteroatoms. The van der Waals surface area contributed by atoms with Crippen LogP contribution < -0.4 is 10.6 Å². The van der Waals surface area contributed by atoms with Crippen molar-refractivity contribution in [3.05, 3.63) is 35.4 Å². The summed E-state index contributed by atoms with van der Waals surface area (Å²) < 4.78 is 10.2. The van der Waals surface area contributed by atoms with Crippen LogP contribution in [0.15, 0.2) is 24.3 Å². The number of nitrogens with one attached hydrogen (secondary N) is 2. The number of terminal acetylenes is 1. The smallest absolute Gasteiger partial charge is 0.408 e. The maximum atomic E-state index is 13.9. The second kappa shape index (κ2) is 15.3. The van der Waals surface area contributed by atoms with E-state index in [1.807, 2.05) is 13.0 Å². The number of hydrogen-bond donors (Lipinski definition) is 2. The Morgan fingerprint density at radius 1 is 1.16 bits per heavy atom. The number of alkyl carbamates (subject to hydrolysis) is 1. The molecule has 0 fully saturated rings. The van der Waals surface area contributed by atoms with E-state index in [2.05, 4.69) is 16.6 Å². The van der Waals surface area contributed by atoms with E-state index in [0.717, 1.165) is 4.90 Å². The molecule has 0 spiro atoms. The van der Waals surface area contributed by atoms with Crippen LogP contribution in [-0.4, -0.2) is 60.1 Å². The summed E-state index contributed by atoms with van der Waals surface area (Å²) in [6.07, 6.45) is 5.32. The minimum atomic E-state index is -1.30. The highest BCUT2D eigenvalue weighted by atomic mass is 16.6. The van der Waals surface area contributed by atoms with E-state index in [1.165, 1.54) is 0 Å². The van der Waals surface area contributed by atoms with Gasteiger partial charge in [0, 0.05) is 12.1 Å². The summed E-state index contributed by atoms with van der Waals surface area (Å²) in [7, 11) is 0. The average molecular weight is 527 g/mol. The van der Waals surface area contributed by atoms with Gasteiger partial charge in [0.2, 0.25) is 11.8 Å². The summed E-state index contributed by atoms with van der Waals surface area (Å²) in [5, 5.41) is 14.9. The standard InChI is InChI=1S/C28H38N4O6/c1-8-19(4)23(31-27(36)38-28(5,6)7)26(35)32(18-16-29)24(21-14-12-11-13-20(21)9-2)25(34)30-17-15-22(33)37-10-3/h2,11-14,19,23-24H,8,10,15,17-18H2,1,3-7H3,(H,30,34)(H,31,36). The molecular weight excluding hydrogens is 488 g/mol. The first-order valence-corrected chi connectivity index (χ1v) is 12.6. The number of carbonyl (C=O) groups is 4. The van der Waals surface area contributed by atoms with Gasteiger partial charge < -0.3 is 25.0 Å². The Labute approximate surface area is 225 Å². The Bertz CT molecular complexity index is 1070. The predicted octanol–water partition coefficient (Wildman–Crippen LogP) is 3.07. The van der Waals surface area contributed by atoms with Gasteiger partial charge in [0.05, 0.1) is 19.1 Å². The van der Waals surface area contributed by atoms with Gasteiger partial charge in [-0.05, 0) is 45.2 Å². The number of rotatable bonds is 12. The summed E-state index contributed by atoms with van der Waals surface area (Å²) in [4.78, 5) is 52.8. The molecule has 1 aromatic rings. The Kier molecular flexibility index (Phi) is 12.8. The molecule has 10 nitrogen and oxygen atoms in total. The topological polar surface area (TPSA) is 138 Å². The molecule has 3 unspecified atom stereocenters. The van der Waals surface area contributed by atoms with Gasteiger partial charge >= 0.3 is 12.1 Å². The van der Waals surface area contributed by atoms with Crippen LogP contribution in [0.4, 0.5) is 4.79 Å². The monoisotopic (exact) mass is 526 g/mol. The summed E-state index contributed by atoms with van der Waals surface area (Å²) in [6.45, 7) is 10.1. The lowest BCUT2D eigenvalue weighted by Gasteiger charge is -2.35. The van der Waals surface area contributed by atoms with E-state index in [9.17, 15) is 24.4 Å². The van der Waals surface area contributed by atoms with Gasteiger partial charge in [-0.3, -0.25) is 14.4 Å². The van der Waals surface area contributed by atoms with Crippen LogP contribution in [0.1, 0.15) is 71.6 Å². The van der Waals surface area contributed by atoms with Crippen LogP contribution >= 0.6 is 0 Å². The fraction of sp³-hybridized carbons (Fsp3) is 0.536. The second-order valence-electron chi connectivity index (χ2n) is 9.61. The summed E-state index contributed by atoms with van der Waals surface area (Å²) in [5.74, 6) is 0.383. The number of nitriles is 1. The van der Waals surface area contributed by atoms with E-state index in [4.69, 9.17) is 15.9 Å². The summed E-state index contributed by atoms with van der Waals surface area (Å²) in [6, 6.07) is 6.12. The number of amides is 3. The van der Waals surface area contributed by atoms with Crippen molar-refractivity contribution in [1.82, 2.24) is 15.5 Å². The fourth-order valence-corrected chi connectivity index (χ4v) is 3.60. The zero-order valence-electron chi connectivity index (χ0n) is 23.0. The van der Waals surface area contributed by atoms with Gasteiger partial charge in [-0.2, -0.15) is 5.26 Å². The van der Waals surface area contributed by atoms with Crippen molar-refractivity contribution >= 4 is 23.9 Å². The number of nitrogens with zero attached hydrogens (tertiary/aromatic N) is 2. The van der Waals surface area contributed by atoms with Crippen molar-refractivity contribution in [2.75, 3.05) is 19.7 Å². The predicted molar refractivity (Wildman–Crippen MR) is 141 cm³/mol. The molecule has 38 heavy (non-hydrogen) atoms. The Hall–Kier alpha value is -4.05. The minimum Gasteiger partial charge on any atom is -0.466 e. The molecular formula is C28H38N4O6. The third-order valence-corrected chi connectivity index (χ3v) is 5.58. The molecule has 206 valence electrons. The zero-order chi connectivity index (χ0) is 28.9. The maximum absolute atomic E-state index is 13.9. The number of hydrogen-bond acceptors (Lipinski definition) is 7. The average Bonchev–Trinajstić information content (AvgIpc) is 2.85. The molecule has 0 aromatic heterocycles. The van der Waals surface area contributed by atoms with Crippen LogP contribution in [-0.2, 0) is 23.9 Å². The van der Waals surface area contributed by atoms with Crippen molar-refractivity contribution in [3.8, 4) is 18.4 Å². The highest BCUT2D eigenvalue weighted by Crippen LogP contribution is 2.27. The van der Waals surface area contributed by atoms with Crippen LogP contribution in [0, 0.1) is 29.6 Å². The SMILES string of the molecule is C#Cc1ccccc1C(C(=O)NCCC(=O)OCC)N(CC#N)C(=O)C(NC(=O)OC(C)(C)C)C(C)CC. The van der Waals surface area contributed by atoms with Crippen molar-refractivity contribution in [1.29, 1.82) is 5.26 Å². The van der Waals surface area contributed by atoms with E-state index in [0.29, 0.717) is 17.5 Å². The lowest BCUT2D eigenvalue weighted by molar-refractivity contribution is -0.144. The number of benzene rings is 1. The first kappa shape index (κ1) is 32.0. The van der Waals surface area contributed by atoms with E-state index < -0.39 is 48.1 Å². The number of ether oxygens (including phenoxy) is 2. The van der Waals surface area contributed by atoms with Gasteiger partial charge in [0.25, 0.3) is 0 Å². The molecule has 0 aliphatic carbocycles. The molecule has 0 heterocycles. The lowest BCUT2D eigenvalue weighted by Crippen LogP contribution is -2.55. The maximum Gasteiger partial charge on any atom is 0.408 e. The molecule has 0 saturated heterocycles. The molecule has 1 rings (SSSR count). The van der Waals surface area contributed by atoms with Crippen molar-refractivity contribution in [2.24, 2.45) is 5.92 Å². The van der Waals surface area contributed by atoms with Crippen molar-refractivity contribution in [2.45, 2.75) is 72.1 Å². The second-order valence-corrected chi connectivity index (χ2v) is 9.61. The van der Waals surface area contributed by atoms with Gasteiger partial charge in [0.1, 0.15) is 24.2 Å². The molecule has 0 bridgehead atoms. The molecule has 1 aromatic carbocycles. The lowest BCUT2D eigenvalue weighted by atomic mass is 9.94. The van der Waals surface area contributed by atoms with Gasteiger partial charge in [-0.1, -0.05) is 44.4 Å². The van der Waals surface area contributed by atoms with E-state index in [-0.39, 0.29) is 25.5 Å². The van der Waals surface area contributed by atoms with Crippen LogP contribution in [0.25, 0.3) is 0 Å². The normalized spacial score (nSPS) is 13.1. The molecule has 0 aliphatic rings. The Morgan fingerprint density at radius 3 is 2.37 bits per heavy atom. The molecule has 0 aliphatic heterocycles. The van der Waals surface area contributed by atoms with Gasteiger partial charge in [0.15, 0.2) is 0 Å². The molecule has 0 radical (unpaired) electrons. The highest BCUT2D eigenvalue weighted by Gasteiger charge is 2.38. The largest absolute Gasteiger partial charge is 0.466 e. The molecule has 2 N–H and O–H groups in total. The van der Waals surface area contributed by atoms with Crippen LogP contribution in [0.3, 0.4) is 0 Å². The molecule has 3 amide bonds. The molecule has 0 saturated carbocycles. The van der Waals surface area contributed by atoms with Crippen LogP contribution in [0.2, 0.25) is 0 Å². The van der Waals surface area contributed by atoms with Gasteiger partial charge in [-0.25, -0.2) is 4.79 Å². The fourth-order valence-electron chi connectivity index (χ4n) is 3.60. The van der Waals surface area contributed by atoms with E-state index in [1.54, 1.807) is 58.9 Å². The highest BCUT2D eigenvalue weighted by molar-refractivity contribution is 5.93. The minimum absolute atomic E-state index is 0.0497. The zero-order valence-corrected chi connectivity index (χ0v) is 23.0. The summed E-state index contributed by atoms with van der Waals surface area (Å²) in [5.41, 5.74) is -0.117. The number of esters is 1. The summed E-state index contributed by atoms with van der Waals surface area (Å²) >= 11 is 0. The third-order valence-electron chi connectivity index (χ3n) is 5.58. The van der Waals surface area contributed by atoms with Crippen molar-refractivity contribution in [3.63, 3.8) is 0 Å². The molecule has 3 atom stereocenters. The quantitative estimate of drug-likeness (QED) is 0.242. The number of carbonyl (C=O) groups excluding carboxylic acids is 4. The van der Waals surface area contributed by atoms with E-state index >= 15 is 0 Å². The third kappa shape index (κ3) is 9.78. The Balaban J connectivity index is 3.48. The van der Waals surface area contributed by atoms with Crippen molar-refractivity contribution < 1.29 is 28.7 Å².